The molecule has 0 bridgehead atoms. The van der Waals surface area contributed by atoms with E-state index in [9.17, 15) is 8.42 Å². The van der Waals surface area contributed by atoms with Gasteiger partial charge in [-0.05, 0) is 31.0 Å². The molecule has 1 fully saturated rings. The Labute approximate surface area is 164 Å². The monoisotopic (exact) mass is 401 g/mol. The summed E-state index contributed by atoms with van der Waals surface area (Å²) in [5.41, 5.74) is 1.67. The first-order valence-electron chi connectivity index (χ1n) is 8.96. The van der Waals surface area contributed by atoms with Crippen molar-refractivity contribution in [3.8, 4) is 11.3 Å². The minimum absolute atomic E-state index is 0.181. The van der Waals surface area contributed by atoms with Gasteiger partial charge in [-0.3, -0.25) is 9.40 Å². The standard InChI is InChI=1S/C20H20ClN3O2S/c21-16-9-6-10-17(13-16)23-27(25,26)19-14-24(18-11-4-5-12-18)22-20(19)15-7-2-1-3-8-15/h1-3,6-10,13-14,18,23H,4-5,11-12H2. The Morgan fingerprint density at radius 2 is 1.78 bits per heavy atom. The molecule has 4 rings (SSSR count). The molecule has 27 heavy (non-hydrogen) atoms. The van der Waals surface area contributed by atoms with E-state index in [1.807, 2.05) is 35.0 Å². The number of rotatable bonds is 5. The molecule has 1 aliphatic carbocycles. The van der Waals surface area contributed by atoms with Crippen molar-refractivity contribution in [2.45, 2.75) is 36.6 Å². The van der Waals surface area contributed by atoms with E-state index in [1.54, 1.807) is 30.5 Å². The molecular weight excluding hydrogens is 382 g/mol. The van der Waals surface area contributed by atoms with Crippen molar-refractivity contribution in [1.29, 1.82) is 0 Å². The summed E-state index contributed by atoms with van der Waals surface area (Å²) in [4.78, 5) is 0.181. The third kappa shape index (κ3) is 3.87. The number of aromatic nitrogens is 2. The summed E-state index contributed by atoms with van der Waals surface area (Å²) >= 11 is 5.99. The van der Waals surface area contributed by atoms with Crippen molar-refractivity contribution in [3.05, 3.63) is 65.8 Å². The van der Waals surface area contributed by atoms with E-state index in [0.717, 1.165) is 31.2 Å². The lowest BCUT2D eigenvalue weighted by Gasteiger charge is -2.09. The number of anilines is 1. The molecule has 3 aromatic rings. The van der Waals surface area contributed by atoms with Crippen molar-refractivity contribution < 1.29 is 8.42 Å². The van der Waals surface area contributed by atoms with Gasteiger partial charge in [0.2, 0.25) is 0 Å². The second-order valence-corrected chi connectivity index (χ2v) is 8.83. The second-order valence-electron chi connectivity index (χ2n) is 6.74. The van der Waals surface area contributed by atoms with Crippen LogP contribution in [-0.2, 0) is 10.0 Å². The van der Waals surface area contributed by atoms with Crippen LogP contribution >= 0.6 is 11.6 Å². The van der Waals surface area contributed by atoms with E-state index in [0.29, 0.717) is 16.4 Å². The Kier molecular flexibility index (Phi) is 4.93. The largest absolute Gasteiger partial charge is 0.279 e. The Hall–Kier alpha value is -2.31. The van der Waals surface area contributed by atoms with Gasteiger partial charge in [0.1, 0.15) is 10.6 Å². The quantitative estimate of drug-likeness (QED) is 0.645. The van der Waals surface area contributed by atoms with Crippen LogP contribution in [0.3, 0.4) is 0 Å². The van der Waals surface area contributed by atoms with Gasteiger partial charge in [0.15, 0.2) is 0 Å². The first-order valence-corrected chi connectivity index (χ1v) is 10.8. The number of hydrogen-bond acceptors (Lipinski definition) is 3. The molecule has 1 N–H and O–H groups in total. The fourth-order valence-corrected chi connectivity index (χ4v) is 4.88. The molecule has 0 unspecified atom stereocenters. The molecule has 140 valence electrons. The minimum atomic E-state index is -3.81. The molecule has 5 nitrogen and oxygen atoms in total. The third-order valence-corrected chi connectivity index (χ3v) is 6.43. The van der Waals surface area contributed by atoms with E-state index >= 15 is 0 Å². The van der Waals surface area contributed by atoms with Gasteiger partial charge < -0.3 is 0 Å². The van der Waals surface area contributed by atoms with Crippen molar-refractivity contribution >= 4 is 27.3 Å². The molecule has 0 spiro atoms. The van der Waals surface area contributed by atoms with Crippen LogP contribution in [-0.4, -0.2) is 18.2 Å². The topological polar surface area (TPSA) is 64.0 Å². The van der Waals surface area contributed by atoms with E-state index in [-0.39, 0.29) is 10.9 Å². The highest BCUT2D eigenvalue weighted by Crippen LogP contribution is 2.34. The average molecular weight is 402 g/mol. The SMILES string of the molecule is O=S(=O)(Nc1cccc(Cl)c1)c1cn(C2CCCC2)nc1-c1ccccc1. The zero-order chi connectivity index (χ0) is 18.9. The van der Waals surface area contributed by atoms with E-state index in [1.165, 1.54) is 0 Å². The Morgan fingerprint density at radius 3 is 2.48 bits per heavy atom. The maximum atomic E-state index is 13.1. The van der Waals surface area contributed by atoms with E-state index in [2.05, 4.69) is 9.82 Å². The van der Waals surface area contributed by atoms with Crippen LogP contribution in [0.5, 0.6) is 0 Å². The first-order chi connectivity index (χ1) is 13.0. The highest BCUT2D eigenvalue weighted by atomic mass is 35.5. The van der Waals surface area contributed by atoms with Gasteiger partial charge in [0.05, 0.1) is 11.7 Å². The predicted molar refractivity (Wildman–Crippen MR) is 107 cm³/mol. The summed E-state index contributed by atoms with van der Waals surface area (Å²) in [5, 5.41) is 5.13. The molecule has 0 atom stereocenters. The van der Waals surface area contributed by atoms with Gasteiger partial charge in [-0.1, -0.05) is 60.8 Å². The van der Waals surface area contributed by atoms with Crippen molar-refractivity contribution in [3.63, 3.8) is 0 Å². The lowest BCUT2D eigenvalue weighted by molar-refractivity contribution is 0.467. The van der Waals surface area contributed by atoms with Gasteiger partial charge in [-0.25, -0.2) is 8.42 Å². The van der Waals surface area contributed by atoms with Crippen LogP contribution in [0.25, 0.3) is 11.3 Å². The minimum Gasteiger partial charge on any atom is -0.279 e. The predicted octanol–water partition coefficient (Wildman–Crippen LogP) is 5.12. The first kappa shape index (κ1) is 18.1. The molecule has 1 heterocycles. The Balaban J connectivity index is 1.77. The fourth-order valence-electron chi connectivity index (χ4n) is 3.49. The number of halogens is 1. The van der Waals surface area contributed by atoms with Gasteiger partial charge in [-0.15, -0.1) is 0 Å². The van der Waals surface area contributed by atoms with Gasteiger partial charge >= 0.3 is 0 Å². The second kappa shape index (κ2) is 7.37. The fraction of sp³-hybridized carbons (Fsp3) is 0.250. The number of sulfonamides is 1. The summed E-state index contributed by atoms with van der Waals surface area (Å²) in [7, 11) is -3.81. The van der Waals surface area contributed by atoms with Gasteiger partial charge in [-0.2, -0.15) is 5.10 Å². The number of nitrogens with one attached hydrogen (secondary N) is 1. The van der Waals surface area contributed by atoms with Crippen molar-refractivity contribution in [2.24, 2.45) is 0 Å². The zero-order valence-corrected chi connectivity index (χ0v) is 16.2. The zero-order valence-electron chi connectivity index (χ0n) is 14.7. The van der Waals surface area contributed by atoms with E-state index in [4.69, 9.17) is 11.6 Å². The number of hydrogen-bond donors (Lipinski definition) is 1. The highest BCUT2D eigenvalue weighted by Gasteiger charge is 2.27. The molecule has 1 aromatic heterocycles. The smallest absolute Gasteiger partial charge is 0.265 e. The number of benzene rings is 2. The van der Waals surface area contributed by atoms with Crippen LogP contribution in [0, 0.1) is 0 Å². The molecule has 1 aliphatic rings. The summed E-state index contributed by atoms with van der Waals surface area (Å²) < 4.78 is 30.7. The summed E-state index contributed by atoms with van der Waals surface area (Å²) in [6.07, 6.45) is 6.00. The molecule has 0 radical (unpaired) electrons. The Morgan fingerprint density at radius 1 is 1.04 bits per heavy atom. The average Bonchev–Trinajstić information content (AvgIpc) is 3.32. The van der Waals surface area contributed by atoms with Crippen molar-refractivity contribution in [2.75, 3.05) is 4.72 Å². The maximum absolute atomic E-state index is 13.1. The molecule has 7 heteroatoms. The molecule has 0 saturated heterocycles. The lowest BCUT2D eigenvalue weighted by Crippen LogP contribution is -2.13. The lowest BCUT2D eigenvalue weighted by atomic mass is 10.2. The normalized spacial score (nSPS) is 15.1. The molecule has 0 amide bonds. The summed E-state index contributed by atoms with van der Waals surface area (Å²) in [6, 6.07) is 16.3. The highest BCUT2D eigenvalue weighted by molar-refractivity contribution is 7.92. The van der Waals surface area contributed by atoms with Crippen LogP contribution < -0.4 is 4.72 Å². The van der Waals surface area contributed by atoms with Crippen LogP contribution in [0.4, 0.5) is 5.69 Å². The van der Waals surface area contributed by atoms with E-state index < -0.39 is 10.0 Å². The van der Waals surface area contributed by atoms with Crippen molar-refractivity contribution in [1.82, 2.24) is 9.78 Å². The summed E-state index contributed by atoms with van der Waals surface area (Å²) in [6.45, 7) is 0. The molecule has 0 aliphatic heterocycles. The van der Waals surface area contributed by atoms with Crippen LogP contribution in [0.2, 0.25) is 5.02 Å². The molecule has 2 aromatic carbocycles. The molecule has 1 saturated carbocycles. The Bertz CT molecular complexity index is 1040. The van der Waals surface area contributed by atoms with Gasteiger partial charge in [0.25, 0.3) is 10.0 Å². The van der Waals surface area contributed by atoms with Crippen LogP contribution in [0.15, 0.2) is 65.7 Å². The van der Waals surface area contributed by atoms with Crippen LogP contribution in [0.1, 0.15) is 31.7 Å². The third-order valence-electron chi connectivity index (χ3n) is 4.81. The molecular formula is C20H20ClN3O2S. The maximum Gasteiger partial charge on any atom is 0.265 e. The number of nitrogens with zero attached hydrogens (tertiary/aromatic N) is 2. The van der Waals surface area contributed by atoms with Gasteiger partial charge in [0, 0.05) is 16.8 Å². The summed E-state index contributed by atoms with van der Waals surface area (Å²) in [5.74, 6) is 0.